The van der Waals surface area contributed by atoms with Crippen molar-refractivity contribution in [3.8, 4) is 0 Å². The van der Waals surface area contributed by atoms with E-state index in [1.54, 1.807) is 0 Å². The van der Waals surface area contributed by atoms with Gasteiger partial charge in [0.05, 0.1) is 5.69 Å². The third-order valence-corrected chi connectivity index (χ3v) is 4.24. The highest BCUT2D eigenvalue weighted by Gasteiger charge is 2.30. The first-order chi connectivity index (χ1) is 9.72. The van der Waals surface area contributed by atoms with E-state index >= 15 is 0 Å². The Labute approximate surface area is 121 Å². The molecule has 3 heteroatoms. The molecule has 1 aromatic carbocycles. The largest absolute Gasteiger partial charge is 0.308 e. The first kappa shape index (κ1) is 13.4. The molecule has 0 aliphatic heterocycles. The van der Waals surface area contributed by atoms with Crippen molar-refractivity contribution in [1.29, 1.82) is 0 Å². The van der Waals surface area contributed by atoms with Crippen molar-refractivity contribution < 1.29 is 0 Å². The third-order valence-electron chi connectivity index (χ3n) is 4.24. The van der Waals surface area contributed by atoms with E-state index in [2.05, 4.69) is 47.7 Å². The van der Waals surface area contributed by atoms with Gasteiger partial charge in [0, 0.05) is 25.8 Å². The van der Waals surface area contributed by atoms with E-state index in [1.165, 1.54) is 29.7 Å². The zero-order chi connectivity index (χ0) is 13.9. The van der Waals surface area contributed by atoms with Crippen LogP contribution in [0.2, 0.25) is 0 Å². The van der Waals surface area contributed by atoms with E-state index in [1.807, 2.05) is 17.9 Å². The van der Waals surface area contributed by atoms with Crippen LogP contribution in [0.15, 0.2) is 36.5 Å². The van der Waals surface area contributed by atoms with Crippen LogP contribution in [0.3, 0.4) is 0 Å². The molecular weight excluding hydrogens is 246 g/mol. The zero-order valence-electron chi connectivity index (χ0n) is 12.3. The average molecular weight is 269 g/mol. The van der Waals surface area contributed by atoms with Crippen LogP contribution in [0, 0.1) is 12.8 Å². The van der Waals surface area contributed by atoms with Crippen LogP contribution in [0.1, 0.15) is 29.7 Å². The minimum atomic E-state index is 0.590. The predicted molar refractivity (Wildman–Crippen MR) is 81.4 cm³/mol. The highest BCUT2D eigenvalue weighted by molar-refractivity contribution is 5.22. The number of nitrogens with one attached hydrogen (secondary N) is 1. The summed E-state index contributed by atoms with van der Waals surface area (Å²) >= 11 is 0. The fourth-order valence-electron chi connectivity index (χ4n) is 2.69. The van der Waals surface area contributed by atoms with E-state index in [-0.39, 0.29) is 0 Å². The molecule has 0 bridgehead atoms. The van der Waals surface area contributed by atoms with Gasteiger partial charge in [-0.25, -0.2) is 0 Å². The van der Waals surface area contributed by atoms with Gasteiger partial charge in [-0.1, -0.05) is 29.8 Å². The second-order valence-electron chi connectivity index (χ2n) is 5.96. The van der Waals surface area contributed by atoms with Crippen molar-refractivity contribution >= 4 is 0 Å². The summed E-state index contributed by atoms with van der Waals surface area (Å²) in [7, 11) is 2.00. The molecule has 106 valence electrons. The summed E-state index contributed by atoms with van der Waals surface area (Å²) in [6, 6.07) is 11.6. The second-order valence-corrected chi connectivity index (χ2v) is 5.96. The number of aryl methyl sites for hydroxylation is 2. The Hall–Kier alpha value is -1.61. The van der Waals surface area contributed by atoms with E-state index in [0.29, 0.717) is 6.04 Å². The summed E-state index contributed by atoms with van der Waals surface area (Å²) in [5, 5.41) is 7.95. The molecule has 20 heavy (non-hydrogen) atoms. The number of hydrogen-bond acceptors (Lipinski definition) is 2. The zero-order valence-corrected chi connectivity index (χ0v) is 12.3. The molecule has 2 aromatic rings. The number of rotatable bonds is 6. The molecule has 3 rings (SSSR count). The molecule has 0 amide bonds. The van der Waals surface area contributed by atoms with Crippen LogP contribution in [0.4, 0.5) is 0 Å². The van der Waals surface area contributed by atoms with Gasteiger partial charge in [0.1, 0.15) is 0 Å². The van der Waals surface area contributed by atoms with Crippen LogP contribution >= 0.6 is 0 Å². The summed E-state index contributed by atoms with van der Waals surface area (Å²) in [5.41, 5.74) is 4.02. The normalized spacial score (nSPS) is 16.3. The maximum absolute atomic E-state index is 4.23. The van der Waals surface area contributed by atoms with Crippen molar-refractivity contribution in [1.82, 2.24) is 15.1 Å². The fourth-order valence-corrected chi connectivity index (χ4v) is 2.69. The lowest BCUT2D eigenvalue weighted by Crippen LogP contribution is -2.33. The molecule has 3 nitrogen and oxygen atoms in total. The van der Waals surface area contributed by atoms with Crippen LogP contribution in [-0.2, 0) is 20.0 Å². The molecule has 1 atom stereocenters. The Morgan fingerprint density at radius 3 is 2.60 bits per heavy atom. The van der Waals surface area contributed by atoms with Gasteiger partial charge in [-0.15, -0.1) is 0 Å². The molecule has 1 N–H and O–H groups in total. The molecule has 0 radical (unpaired) electrons. The van der Waals surface area contributed by atoms with Gasteiger partial charge in [-0.2, -0.15) is 5.10 Å². The van der Waals surface area contributed by atoms with E-state index in [0.717, 1.165) is 18.9 Å². The summed E-state index contributed by atoms with van der Waals surface area (Å²) in [5.74, 6) is 0.851. The van der Waals surface area contributed by atoms with Crippen molar-refractivity contribution in [2.75, 3.05) is 0 Å². The van der Waals surface area contributed by atoms with Gasteiger partial charge in [0.25, 0.3) is 0 Å². The Morgan fingerprint density at radius 1 is 1.25 bits per heavy atom. The molecule has 1 aliphatic carbocycles. The monoisotopic (exact) mass is 269 g/mol. The predicted octanol–water partition coefficient (Wildman–Crippen LogP) is 2.84. The highest BCUT2D eigenvalue weighted by atomic mass is 15.3. The second kappa shape index (κ2) is 5.80. The molecule has 1 heterocycles. The smallest absolute Gasteiger partial charge is 0.0518 e. The number of nitrogens with zero attached hydrogens (tertiary/aromatic N) is 2. The van der Waals surface area contributed by atoms with Crippen molar-refractivity contribution in [2.24, 2.45) is 13.0 Å². The SMILES string of the molecule is Cc1ccc(CC(NCc2ccnn2C)C2CC2)cc1. The molecule has 1 saturated carbocycles. The summed E-state index contributed by atoms with van der Waals surface area (Å²) in [4.78, 5) is 0. The van der Waals surface area contributed by atoms with Crippen LogP contribution in [0.25, 0.3) is 0 Å². The minimum absolute atomic E-state index is 0.590. The maximum Gasteiger partial charge on any atom is 0.0518 e. The first-order valence-electron chi connectivity index (χ1n) is 7.48. The van der Waals surface area contributed by atoms with Gasteiger partial charge in [-0.05, 0) is 43.7 Å². The lowest BCUT2D eigenvalue weighted by atomic mass is 10.0. The van der Waals surface area contributed by atoms with Crippen molar-refractivity contribution in [2.45, 2.75) is 38.8 Å². The van der Waals surface area contributed by atoms with Gasteiger partial charge in [0.2, 0.25) is 0 Å². The van der Waals surface area contributed by atoms with E-state index < -0.39 is 0 Å². The van der Waals surface area contributed by atoms with Gasteiger partial charge in [0.15, 0.2) is 0 Å². The lowest BCUT2D eigenvalue weighted by Gasteiger charge is -2.18. The molecule has 1 fully saturated rings. The van der Waals surface area contributed by atoms with Crippen molar-refractivity contribution in [3.05, 3.63) is 53.3 Å². The van der Waals surface area contributed by atoms with Gasteiger partial charge in [-0.3, -0.25) is 4.68 Å². The van der Waals surface area contributed by atoms with Crippen molar-refractivity contribution in [3.63, 3.8) is 0 Å². The van der Waals surface area contributed by atoms with Crippen LogP contribution < -0.4 is 5.32 Å². The number of hydrogen-bond donors (Lipinski definition) is 1. The van der Waals surface area contributed by atoms with Gasteiger partial charge >= 0.3 is 0 Å². The molecule has 0 saturated heterocycles. The molecular formula is C17H23N3. The first-order valence-corrected chi connectivity index (χ1v) is 7.48. The fraction of sp³-hybridized carbons (Fsp3) is 0.471. The summed E-state index contributed by atoms with van der Waals surface area (Å²) in [6.45, 7) is 3.05. The Morgan fingerprint density at radius 2 is 2.00 bits per heavy atom. The standard InChI is InChI=1S/C17H23N3/c1-13-3-5-14(6-4-13)11-17(15-7-8-15)18-12-16-9-10-19-20(16)2/h3-6,9-10,15,17-18H,7-8,11-12H2,1-2H3. The highest BCUT2D eigenvalue weighted by Crippen LogP contribution is 2.34. The molecule has 0 spiro atoms. The van der Waals surface area contributed by atoms with E-state index in [9.17, 15) is 0 Å². The van der Waals surface area contributed by atoms with E-state index in [4.69, 9.17) is 0 Å². The average Bonchev–Trinajstić information content (AvgIpc) is 3.21. The molecule has 1 aromatic heterocycles. The van der Waals surface area contributed by atoms with Gasteiger partial charge < -0.3 is 5.32 Å². The summed E-state index contributed by atoms with van der Waals surface area (Å²) < 4.78 is 1.95. The van der Waals surface area contributed by atoms with Crippen LogP contribution in [0.5, 0.6) is 0 Å². The maximum atomic E-state index is 4.23. The summed E-state index contributed by atoms with van der Waals surface area (Å²) in [6.07, 6.45) is 5.73. The Balaban J connectivity index is 1.61. The minimum Gasteiger partial charge on any atom is -0.308 e. The Kier molecular flexibility index (Phi) is 3.88. The lowest BCUT2D eigenvalue weighted by molar-refractivity contribution is 0.449. The third kappa shape index (κ3) is 3.28. The molecule has 1 unspecified atom stereocenters. The topological polar surface area (TPSA) is 29.9 Å². The number of aromatic nitrogens is 2. The Bertz CT molecular complexity index is 552. The molecule has 1 aliphatic rings. The number of benzene rings is 1. The quantitative estimate of drug-likeness (QED) is 0.874. The van der Waals surface area contributed by atoms with Crippen LogP contribution in [-0.4, -0.2) is 15.8 Å².